The zero-order valence-corrected chi connectivity index (χ0v) is 13.3. The number of carbonyl (C=O) groups excluding carboxylic acids is 1. The monoisotopic (exact) mass is 329 g/mol. The Hall–Kier alpha value is -2.80. The van der Waals surface area contributed by atoms with Crippen LogP contribution in [0.2, 0.25) is 0 Å². The average molecular weight is 329 g/mol. The molecule has 0 aliphatic carbocycles. The van der Waals surface area contributed by atoms with E-state index in [0.717, 1.165) is 11.3 Å². The summed E-state index contributed by atoms with van der Waals surface area (Å²) in [6, 6.07) is 7.78. The first-order valence-electron chi connectivity index (χ1n) is 7.43. The van der Waals surface area contributed by atoms with Crippen LogP contribution in [0.5, 0.6) is 0 Å². The van der Waals surface area contributed by atoms with Crippen molar-refractivity contribution < 1.29 is 18.7 Å². The number of rotatable bonds is 5. The van der Waals surface area contributed by atoms with Gasteiger partial charge >= 0.3 is 5.97 Å². The molecule has 1 aromatic carbocycles. The lowest BCUT2D eigenvalue weighted by atomic mass is 10.1. The van der Waals surface area contributed by atoms with Gasteiger partial charge in [0, 0.05) is 12.7 Å². The van der Waals surface area contributed by atoms with E-state index in [1.54, 1.807) is 36.7 Å². The first kappa shape index (κ1) is 16.1. The van der Waals surface area contributed by atoms with Gasteiger partial charge in [-0.15, -0.1) is 0 Å². The quantitative estimate of drug-likeness (QED) is 0.674. The Morgan fingerprint density at radius 2 is 2.04 bits per heavy atom. The van der Waals surface area contributed by atoms with E-state index < -0.39 is 5.97 Å². The summed E-state index contributed by atoms with van der Waals surface area (Å²) in [4.78, 5) is 16.6. The van der Waals surface area contributed by atoms with Crippen molar-refractivity contribution in [2.75, 3.05) is 13.7 Å². The van der Waals surface area contributed by atoms with E-state index >= 15 is 0 Å². The fourth-order valence-corrected chi connectivity index (χ4v) is 2.40. The standard InChI is InChI=1S/C17H16FN3O3/c1-3-24-17(22)14-9-19-21-13(10-23-2)8-15(20-16(14)21)11-4-6-12(18)7-5-11/h4-9H,3,10H2,1-2H3. The van der Waals surface area contributed by atoms with Crippen LogP contribution >= 0.6 is 0 Å². The molecule has 124 valence electrons. The fourth-order valence-electron chi connectivity index (χ4n) is 2.40. The van der Waals surface area contributed by atoms with Crippen molar-refractivity contribution in [2.24, 2.45) is 0 Å². The molecule has 0 bridgehead atoms. The number of benzene rings is 1. The molecular formula is C17H16FN3O3. The van der Waals surface area contributed by atoms with Crippen molar-refractivity contribution in [1.82, 2.24) is 14.6 Å². The molecule has 24 heavy (non-hydrogen) atoms. The van der Waals surface area contributed by atoms with Gasteiger partial charge in [0.1, 0.15) is 11.4 Å². The number of halogens is 1. The van der Waals surface area contributed by atoms with Crippen LogP contribution in [-0.2, 0) is 16.1 Å². The van der Waals surface area contributed by atoms with Gasteiger partial charge in [-0.3, -0.25) is 0 Å². The minimum Gasteiger partial charge on any atom is -0.462 e. The van der Waals surface area contributed by atoms with E-state index in [4.69, 9.17) is 9.47 Å². The smallest absolute Gasteiger partial charge is 0.343 e. The molecule has 7 heteroatoms. The lowest BCUT2D eigenvalue weighted by molar-refractivity contribution is 0.0528. The largest absolute Gasteiger partial charge is 0.462 e. The van der Waals surface area contributed by atoms with Gasteiger partial charge < -0.3 is 9.47 Å². The van der Waals surface area contributed by atoms with E-state index in [0.29, 0.717) is 11.3 Å². The summed E-state index contributed by atoms with van der Waals surface area (Å²) in [5.41, 5.74) is 2.70. The van der Waals surface area contributed by atoms with Crippen LogP contribution in [0.1, 0.15) is 23.0 Å². The number of ether oxygens (including phenoxy) is 2. The Morgan fingerprint density at radius 3 is 2.71 bits per heavy atom. The molecule has 6 nitrogen and oxygen atoms in total. The first-order valence-corrected chi connectivity index (χ1v) is 7.43. The van der Waals surface area contributed by atoms with Gasteiger partial charge in [-0.1, -0.05) is 0 Å². The van der Waals surface area contributed by atoms with Crippen molar-refractivity contribution in [3.05, 3.63) is 53.6 Å². The van der Waals surface area contributed by atoms with Crippen molar-refractivity contribution in [1.29, 1.82) is 0 Å². The number of esters is 1. The molecule has 0 aliphatic rings. The predicted molar refractivity (Wildman–Crippen MR) is 85.1 cm³/mol. The van der Waals surface area contributed by atoms with Crippen LogP contribution in [0.15, 0.2) is 36.5 Å². The maximum atomic E-state index is 13.1. The Morgan fingerprint density at radius 1 is 1.29 bits per heavy atom. The van der Waals surface area contributed by atoms with E-state index in [2.05, 4.69) is 10.1 Å². The lowest BCUT2D eigenvalue weighted by Crippen LogP contribution is -2.07. The number of fused-ring (bicyclic) bond motifs is 1. The molecule has 0 radical (unpaired) electrons. The molecule has 0 amide bonds. The molecule has 2 heterocycles. The second-order valence-electron chi connectivity index (χ2n) is 5.09. The highest BCUT2D eigenvalue weighted by Gasteiger charge is 2.18. The van der Waals surface area contributed by atoms with Gasteiger partial charge in [-0.25, -0.2) is 18.7 Å². The second kappa shape index (κ2) is 6.76. The van der Waals surface area contributed by atoms with Crippen LogP contribution in [-0.4, -0.2) is 34.3 Å². The second-order valence-corrected chi connectivity index (χ2v) is 5.09. The van der Waals surface area contributed by atoms with E-state index in [9.17, 15) is 9.18 Å². The van der Waals surface area contributed by atoms with Gasteiger partial charge in [0.15, 0.2) is 5.65 Å². The van der Waals surface area contributed by atoms with E-state index in [1.165, 1.54) is 18.3 Å². The molecule has 0 unspecified atom stereocenters. The van der Waals surface area contributed by atoms with Gasteiger partial charge in [-0.05, 0) is 37.3 Å². The summed E-state index contributed by atoms with van der Waals surface area (Å²) in [5, 5.41) is 4.20. The summed E-state index contributed by atoms with van der Waals surface area (Å²) >= 11 is 0. The number of methoxy groups -OCH3 is 1. The highest BCUT2D eigenvalue weighted by Crippen LogP contribution is 2.22. The third-order valence-corrected chi connectivity index (χ3v) is 3.47. The minimum absolute atomic E-state index is 0.263. The maximum absolute atomic E-state index is 13.1. The van der Waals surface area contributed by atoms with Crippen LogP contribution in [0.4, 0.5) is 4.39 Å². The molecule has 0 atom stereocenters. The summed E-state index contributed by atoms with van der Waals surface area (Å²) < 4.78 is 24.9. The summed E-state index contributed by atoms with van der Waals surface area (Å²) in [7, 11) is 1.57. The van der Waals surface area contributed by atoms with Gasteiger partial charge in [-0.2, -0.15) is 5.10 Å². The molecule has 3 rings (SSSR count). The third-order valence-electron chi connectivity index (χ3n) is 3.47. The Bertz CT molecular complexity index is 875. The number of hydrogen-bond donors (Lipinski definition) is 0. The number of hydrogen-bond acceptors (Lipinski definition) is 5. The maximum Gasteiger partial charge on any atom is 0.343 e. The Labute approximate surface area is 137 Å². The molecular weight excluding hydrogens is 313 g/mol. The highest BCUT2D eigenvalue weighted by atomic mass is 19.1. The molecule has 0 saturated heterocycles. The lowest BCUT2D eigenvalue weighted by Gasteiger charge is -2.08. The van der Waals surface area contributed by atoms with E-state index in [-0.39, 0.29) is 24.6 Å². The van der Waals surface area contributed by atoms with E-state index in [1.807, 2.05) is 0 Å². The third kappa shape index (κ3) is 2.98. The minimum atomic E-state index is -0.486. The summed E-state index contributed by atoms with van der Waals surface area (Å²) in [5.74, 6) is -0.812. The van der Waals surface area contributed by atoms with Crippen molar-refractivity contribution in [3.8, 4) is 11.3 Å². The SMILES string of the molecule is CCOC(=O)c1cnn2c(COC)cc(-c3ccc(F)cc3)nc12. The van der Waals surface area contributed by atoms with Crippen LogP contribution < -0.4 is 0 Å². The first-order chi connectivity index (χ1) is 11.6. The van der Waals surface area contributed by atoms with Crippen LogP contribution in [0, 0.1) is 5.82 Å². The Kier molecular flexibility index (Phi) is 4.52. The summed E-state index contributed by atoms with van der Waals surface area (Å²) in [6.07, 6.45) is 1.42. The van der Waals surface area contributed by atoms with Crippen LogP contribution in [0.25, 0.3) is 16.9 Å². The molecule has 0 fully saturated rings. The molecule has 0 spiro atoms. The van der Waals surface area contributed by atoms with Crippen molar-refractivity contribution >= 4 is 11.6 Å². The average Bonchev–Trinajstić information content (AvgIpc) is 3.00. The fraction of sp³-hybridized carbons (Fsp3) is 0.235. The highest BCUT2D eigenvalue weighted by molar-refractivity contribution is 5.95. The molecule has 0 saturated carbocycles. The predicted octanol–water partition coefficient (Wildman–Crippen LogP) is 2.86. The van der Waals surface area contributed by atoms with Crippen molar-refractivity contribution in [3.63, 3.8) is 0 Å². The zero-order valence-electron chi connectivity index (χ0n) is 13.3. The molecule has 2 aromatic heterocycles. The van der Waals surface area contributed by atoms with Gasteiger partial charge in [0.25, 0.3) is 0 Å². The van der Waals surface area contributed by atoms with Crippen LogP contribution in [0.3, 0.4) is 0 Å². The van der Waals surface area contributed by atoms with Crippen molar-refractivity contribution in [2.45, 2.75) is 13.5 Å². The number of aromatic nitrogens is 3. The topological polar surface area (TPSA) is 65.7 Å². The Balaban J connectivity index is 2.18. The van der Waals surface area contributed by atoms with Gasteiger partial charge in [0.2, 0.25) is 0 Å². The van der Waals surface area contributed by atoms with Gasteiger partial charge in [0.05, 0.1) is 30.8 Å². The zero-order chi connectivity index (χ0) is 17.1. The molecule has 0 N–H and O–H groups in total. The number of nitrogens with zero attached hydrogens (tertiary/aromatic N) is 3. The number of carbonyl (C=O) groups is 1. The molecule has 3 aromatic rings. The summed E-state index contributed by atoms with van der Waals surface area (Å²) in [6.45, 7) is 2.28. The molecule has 0 aliphatic heterocycles. The normalized spacial score (nSPS) is 11.0.